The number of nitrogens with zero attached hydrogens (tertiary/aromatic N) is 1. The van der Waals surface area contributed by atoms with Crippen LogP contribution >= 0.6 is 0 Å². The van der Waals surface area contributed by atoms with Gasteiger partial charge in [-0.1, -0.05) is 0 Å². The van der Waals surface area contributed by atoms with E-state index in [2.05, 4.69) is 4.90 Å². The predicted octanol–water partition coefficient (Wildman–Crippen LogP) is 1.59. The first-order valence-electron chi connectivity index (χ1n) is 6.83. The first-order valence-corrected chi connectivity index (χ1v) is 6.83. The summed E-state index contributed by atoms with van der Waals surface area (Å²) in [4.78, 5) is 2.14. The average Bonchev–Trinajstić information content (AvgIpc) is 2.43. The van der Waals surface area contributed by atoms with E-state index in [-0.39, 0.29) is 17.7 Å². The van der Waals surface area contributed by atoms with E-state index in [0.717, 1.165) is 5.56 Å². The number of hydrogen-bond donors (Lipinski definition) is 2. The molecular formula is C15H24FN3O2. The lowest BCUT2D eigenvalue weighted by molar-refractivity contribution is 0.0704. The molecule has 3 N–H and O–H groups in total. The molecule has 21 heavy (non-hydrogen) atoms. The van der Waals surface area contributed by atoms with E-state index in [1.54, 1.807) is 20.3 Å². The Morgan fingerprint density at radius 2 is 2.05 bits per heavy atom. The van der Waals surface area contributed by atoms with Gasteiger partial charge >= 0.3 is 0 Å². The molecular weight excluding hydrogens is 273 g/mol. The molecule has 0 radical (unpaired) electrons. The number of nitrogens with one attached hydrogen (secondary N) is 1. The second-order valence-electron chi connectivity index (χ2n) is 5.03. The minimum Gasteiger partial charge on any atom is -0.384 e. The van der Waals surface area contributed by atoms with Gasteiger partial charge in [0.2, 0.25) is 0 Å². The van der Waals surface area contributed by atoms with E-state index in [4.69, 9.17) is 20.6 Å². The molecule has 1 unspecified atom stereocenters. The number of amidine groups is 1. The molecule has 0 aliphatic rings. The maximum absolute atomic E-state index is 13.6. The molecule has 1 atom stereocenters. The number of ether oxygens (including phenoxy) is 2. The van der Waals surface area contributed by atoms with Gasteiger partial charge in [-0.2, -0.15) is 0 Å². The Kier molecular flexibility index (Phi) is 7.28. The van der Waals surface area contributed by atoms with Crippen molar-refractivity contribution in [3.8, 4) is 0 Å². The first-order chi connectivity index (χ1) is 9.97. The molecule has 0 amide bonds. The molecule has 0 heterocycles. The molecule has 0 saturated heterocycles. The predicted molar refractivity (Wildman–Crippen MR) is 81.0 cm³/mol. The Morgan fingerprint density at radius 3 is 2.62 bits per heavy atom. The summed E-state index contributed by atoms with van der Waals surface area (Å²) < 4.78 is 23.9. The van der Waals surface area contributed by atoms with Gasteiger partial charge in [0.05, 0.1) is 13.2 Å². The van der Waals surface area contributed by atoms with Crippen molar-refractivity contribution in [2.75, 3.05) is 34.0 Å². The van der Waals surface area contributed by atoms with Gasteiger partial charge < -0.3 is 15.2 Å². The minimum absolute atomic E-state index is 0.135. The number of rotatable bonds is 9. The van der Waals surface area contributed by atoms with E-state index >= 15 is 0 Å². The maximum atomic E-state index is 13.6. The van der Waals surface area contributed by atoms with Crippen LogP contribution in [-0.4, -0.2) is 50.8 Å². The molecule has 1 aromatic carbocycles. The second-order valence-corrected chi connectivity index (χ2v) is 5.03. The van der Waals surface area contributed by atoms with Gasteiger partial charge in [-0.15, -0.1) is 0 Å². The number of benzene rings is 1. The monoisotopic (exact) mass is 297 g/mol. The van der Waals surface area contributed by atoms with Crippen LogP contribution < -0.4 is 5.73 Å². The highest BCUT2D eigenvalue weighted by molar-refractivity contribution is 5.95. The van der Waals surface area contributed by atoms with E-state index < -0.39 is 0 Å². The van der Waals surface area contributed by atoms with Gasteiger partial charge in [0, 0.05) is 38.9 Å². The van der Waals surface area contributed by atoms with Crippen molar-refractivity contribution < 1.29 is 13.9 Å². The lowest BCUT2D eigenvalue weighted by Gasteiger charge is -2.28. The smallest absolute Gasteiger partial charge is 0.124 e. The highest BCUT2D eigenvalue weighted by Gasteiger charge is 2.15. The molecule has 0 aliphatic carbocycles. The third kappa shape index (κ3) is 5.79. The van der Waals surface area contributed by atoms with Gasteiger partial charge in [-0.05, 0) is 30.7 Å². The quantitative estimate of drug-likeness (QED) is 0.536. The van der Waals surface area contributed by atoms with Crippen molar-refractivity contribution >= 4 is 5.84 Å². The Bertz CT molecular complexity index is 468. The van der Waals surface area contributed by atoms with Crippen molar-refractivity contribution in [1.82, 2.24) is 4.90 Å². The van der Waals surface area contributed by atoms with Crippen LogP contribution in [0.2, 0.25) is 0 Å². The maximum Gasteiger partial charge on any atom is 0.124 e. The summed E-state index contributed by atoms with van der Waals surface area (Å²) in [7, 11) is 3.30. The van der Waals surface area contributed by atoms with E-state index in [9.17, 15) is 4.39 Å². The van der Waals surface area contributed by atoms with E-state index in [1.807, 2.05) is 6.92 Å². The normalized spacial score (nSPS) is 12.6. The topological polar surface area (TPSA) is 71.6 Å². The summed E-state index contributed by atoms with van der Waals surface area (Å²) in [5.74, 6) is -0.520. The van der Waals surface area contributed by atoms with Crippen LogP contribution in [0.15, 0.2) is 18.2 Å². The van der Waals surface area contributed by atoms with Crippen LogP contribution in [0.5, 0.6) is 0 Å². The zero-order chi connectivity index (χ0) is 15.8. The van der Waals surface area contributed by atoms with Crippen molar-refractivity contribution in [2.24, 2.45) is 5.73 Å². The van der Waals surface area contributed by atoms with Crippen molar-refractivity contribution in [3.05, 3.63) is 35.1 Å². The Balaban J connectivity index is 2.88. The molecule has 0 fully saturated rings. The number of hydrogen-bond acceptors (Lipinski definition) is 4. The molecule has 6 heteroatoms. The Morgan fingerprint density at radius 1 is 1.33 bits per heavy atom. The van der Waals surface area contributed by atoms with Crippen LogP contribution in [0.1, 0.15) is 18.1 Å². The Hall–Kier alpha value is -1.50. The van der Waals surface area contributed by atoms with Crippen LogP contribution in [-0.2, 0) is 16.0 Å². The van der Waals surface area contributed by atoms with Crippen molar-refractivity contribution in [2.45, 2.75) is 19.5 Å². The minimum atomic E-state index is -0.385. The Labute approximate surface area is 125 Å². The summed E-state index contributed by atoms with van der Waals surface area (Å²) >= 11 is 0. The molecule has 1 rings (SSSR count). The molecule has 0 aromatic heterocycles. The summed E-state index contributed by atoms with van der Waals surface area (Å²) in [5.41, 5.74) is 6.61. The number of nitrogen functional groups attached to an aromatic ring is 1. The third-order valence-electron chi connectivity index (χ3n) is 3.27. The second kappa shape index (κ2) is 8.71. The molecule has 0 bridgehead atoms. The van der Waals surface area contributed by atoms with E-state index in [0.29, 0.717) is 31.9 Å². The van der Waals surface area contributed by atoms with Crippen LogP contribution in [0.25, 0.3) is 0 Å². The van der Waals surface area contributed by atoms with Crippen molar-refractivity contribution in [3.63, 3.8) is 0 Å². The van der Waals surface area contributed by atoms with E-state index in [1.165, 1.54) is 12.1 Å². The largest absolute Gasteiger partial charge is 0.384 e. The van der Waals surface area contributed by atoms with Crippen LogP contribution in [0.3, 0.4) is 0 Å². The zero-order valence-corrected chi connectivity index (χ0v) is 12.9. The van der Waals surface area contributed by atoms with Gasteiger partial charge in [-0.25, -0.2) is 4.39 Å². The summed E-state index contributed by atoms with van der Waals surface area (Å²) in [6.45, 7) is 4.48. The molecule has 5 nitrogen and oxygen atoms in total. The number of nitrogens with two attached hydrogens (primary N) is 1. The zero-order valence-electron chi connectivity index (χ0n) is 12.9. The standard InChI is InChI=1S/C15H24FN3O2/c1-11(10-21-3)19(4-5-20-2)9-12-6-13(15(17)18)8-14(16)7-12/h6-8,11H,4-5,9-10H2,1-3H3,(H3,17,18). The highest BCUT2D eigenvalue weighted by Crippen LogP contribution is 2.13. The number of halogens is 1. The fraction of sp³-hybridized carbons (Fsp3) is 0.533. The van der Waals surface area contributed by atoms with Crippen molar-refractivity contribution in [1.29, 1.82) is 5.41 Å². The van der Waals surface area contributed by atoms with Crippen LogP contribution in [0.4, 0.5) is 4.39 Å². The fourth-order valence-electron chi connectivity index (χ4n) is 2.14. The molecule has 118 valence electrons. The lowest BCUT2D eigenvalue weighted by atomic mass is 10.1. The molecule has 1 aromatic rings. The SMILES string of the molecule is COCCN(Cc1cc(F)cc(C(=N)N)c1)C(C)COC. The van der Waals surface area contributed by atoms with Crippen LogP contribution in [0, 0.1) is 11.2 Å². The van der Waals surface area contributed by atoms with Gasteiger partial charge in [0.15, 0.2) is 0 Å². The van der Waals surface area contributed by atoms with Gasteiger partial charge in [-0.3, -0.25) is 10.3 Å². The molecule has 0 saturated carbocycles. The number of methoxy groups -OCH3 is 2. The van der Waals surface area contributed by atoms with Gasteiger partial charge in [0.1, 0.15) is 11.7 Å². The first kappa shape index (κ1) is 17.6. The summed E-state index contributed by atoms with van der Waals surface area (Å²) in [6.07, 6.45) is 0. The highest BCUT2D eigenvalue weighted by atomic mass is 19.1. The molecule has 0 aliphatic heterocycles. The fourth-order valence-corrected chi connectivity index (χ4v) is 2.14. The molecule has 0 spiro atoms. The summed E-state index contributed by atoms with van der Waals surface area (Å²) in [5, 5.41) is 7.43. The summed E-state index contributed by atoms with van der Waals surface area (Å²) in [6, 6.07) is 4.65. The third-order valence-corrected chi connectivity index (χ3v) is 3.27. The lowest BCUT2D eigenvalue weighted by Crippen LogP contribution is -2.38. The average molecular weight is 297 g/mol. The van der Waals surface area contributed by atoms with Gasteiger partial charge in [0.25, 0.3) is 0 Å².